The number of benzene rings is 1. The molecule has 2 aromatic heterocycles. The smallest absolute Gasteiger partial charge is 0.339 e. The molecular formula is C25H23N3O5. The van der Waals surface area contributed by atoms with Gasteiger partial charge in [0.25, 0.3) is 5.91 Å². The molecular weight excluding hydrogens is 422 g/mol. The molecule has 0 saturated carbocycles. The Labute approximate surface area is 190 Å². The van der Waals surface area contributed by atoms with Crippen molar-refractivity contribution in [1.29, 1.82) is 0 Å². The molecule has 1 aliphatic carbocycles. The first-order valence-electron chi connectivity index (χ1n) is 11.0. The van der Waals surface area contributed by atoms with E-state index in [-0.39, 0.29) is 6.54 Å². The van der Waals surface area contributed by atoms with Gasteiger partial charge in [-0.3, -0.25) is 9.69 Å². The number of imide groups is 1. The number of allylic oxidation sites excluding steroid dienone is 1. The van der Waals surface area contributed by atoms with E-state index in [0.29, 0.717) is 29.4 Å². The van der Waals surface area contributed by atoms with E-state index in [0.717, 1.165) is 40.3 Å². The molecule has 1 N–H and O–H groups in total. The quantitative estimate of drug-likeness (QED) is 0.613. The number of hydrogen-bond donors (Lipinski definition) is 1. The summed E-state index contributed by atoms with van der Waals surface area (Å²) >= 11 is 0. The van der Waals surface area contributed by atoms with Gasteiger partial charge in [0.05, 0.1) is 23.0 Å². The number of amides is 3. The van der Waals surface area contributed by atoms with Crippen LogP contribution in [0.2, 0.25) is 0 Å². The van der Waals surface area contributed by atoms with Gasteiger partial charge in [0.15, 0.2) is 6.10 Å². The van der Waals surface area contributed by atoms with Crippen molar-refractivity contribution in [3.05, 3.63) is 65.2 Å². The highest BCUT2D eigenvalue weighted by atomic mass is 16.5. The lowest BCUT2D eigenvalue weighted by Crippen LogP contribution is -2.42. The second-order valence-corrected chi connectivity index (χ2v) is 8.14. The average Bonchev–Trinajstić information content (AvgIpc) is 3.48. The first-order chi connectivity index (χ1) is 16.0. The van der Waals surface area contributed by atoms with Crippen molar-refractivity contribution in [1.82, 2.24) is 15.2 Å². The number of carbonyl (C=O) groups is 3. The number of nitrogens with zero attached hydrogens (tertiary/aromatic N) is 2. The highest BCUT2D eigenvalue weighted by molar-refractivity contribution is 6.07. The van der Waals surface area contributed by atoms with Crippen LogP contribution in [0.1, 0.15) is 47.1 Å². The lowest BCUT2D eigenvalue weighted by atomic mass is 9.86. The van der Waals surface area contributed by atoms with Crippen molar-refractivity contribution < 1.29 is 23.5 Å². The van der Waals surface area contributed by atoms with E-state index >= 15 is 0 Å². The predicted molar refractivity (Wildman–Crippen MR) is 121 cm³/mol. The van der Waals surface area contributed by atoms with Crippen molar-refractivity contribution in [2.45, 2.75) is 32.3 Å². The molecule has 0 spiro atoms. The Morgan fingerprint density at radius 3 is 2.82 bits per heavy atom. The molecule has 3 aromatic rings. The summed E-state index contributed by atoms with van der Waals surface area (Å²) in [6, 6.07) is 10.6. The Morgan fingerprint density at radius 2 is 2.06 bits per heavy atom. The third-order valence-electron chi connectivity index (χ3n) is 5.99. The third kappa shape index (κ3) is 3.88. The molecule has 1 saturated heterocycles. The molecule has 8 heteroatoms. The Morgan fingerprint density at radius 1 is 1.21 bits per heavy atom. The van der Waals surface area contributed by atoms with Gasteiger partial charge in [0.2, 0.25) is 0 Å². The number of pyridine rings is 1. The van der Waals surface area contributed by atoms with Gasteiger partial charge in [-0.1, -0.05) is 18.2 Å². The number of urea groups is 1. The first kappa shape index (κ1) is 20.9. The highest BCUT2D eigenvalue weighted by Gasteiger charge is 2.33. The van der Waals surface area contributed by atoms with Crippen LogP contribution in [0.4, 0.5) is 4.79 Å². The average molecular weight is 445 g/mol. The fourth-order valence-electron chi connectivity index (χ4n) is 4.42. The molecule has 1 atom stereocenters. The maximum Gasteiger partial charge on any atom is 0.339 e. The molecule has 1 aliphatic heterocycles. The molecule has 168 valence electrons. The zero-order valence-electron chi connectivity index (χ0n) is 18.2. The largest absolute Gasteiger partial charge is 0.465 e. The van der Waals surface area contributed by atoms with Crippen LogP contribution in [0, 0.1) is 0 Å². The number of para-hydroxylation sites is 1. The zero-order chi connectivity index (χ0) is 22.9. The molecule has 8 nitrogen and oxygen atoms in total. The van der Waals surface area contributed by atoms with Crippen LogP contribution in [-0.2, 0) is 16.0 Å². The lowest BCUT2D eigenvalue weighted by molar-refractivity contribution is -0.136. The minimum atomic E-state index is -1.09. The lowest BCUT2D eigenvalue weighted by Gasteiger charge is -2.23. The second kappa shape index (κ2) is 8.54. The number of rotatable bonds is 4. The number of fused-ring (bicyclic) bond motifs is 2. The van der Waals surface area contributed by atoms with Crippen molar-refractivity contribution in [2.75, 3.05) is 13.1 Å². The van der Waals surface area contributed by atoms with Gasteiger partial charge in [-0.25, -0.2) is 14.6 Å². The molecule has 1 unspecified atom stereocenters. The normalized spacial score (nSPS) is 17.7. The predicted octanol–water partition coefficient (Wildman–Crippen LogP) is 3.80. The molecule has 1 aromatic carbocycles. The summed E-state index contributed by atoms with van der Waals surface area (Å²) in [7, 11) is 0. The zero-order valence-corrected chi connectivity index (χ0v) is 18.2. The number of ether oxygens (including phenoxy) is 1. The minimum absolute atomic E-state index is 0.258. The van der Waals surface area contributed by atoms with E-state index in [2.05, 4.69) is 5.32 Å². The van der Waals surface area contributed by atoms with Gasteiger partial charge in [-0.2, -0.15) is 0 Å². The summed E-state index contributed by atoms with van der Waals surface area (Å²) in [4.78, 5) is 43.8. The molecule has 3 heterocycles. The van der Waals surface area contributed by atoms with Gasteiger partial charge < -0.3 is 14.5 Å². The Kier molecular flexibility index (Phi) is 5.42. The minimum Gasteiger partial charge on any atom is -0.465 e. The highest BCUT2D eigenvalue weighted by Crippen LogP contribution is 2.36. The van der Waals surface area contributed by atoms with E-state index in [4.69, 9.17) is 14.1 Å². The number of furan rings is 1. The number of carbonyl (C=O) groups excluding carboxylic acids is 3. The Bertz CT molecular complexity index is 1280. The summed E-state index contributed by atoms with van der Waals surface area (Å²) in [5, 5.41) is 3.26. The van der Waals surface area contributed by atoms with Crippen LogP contribution >= 0.6 is 0 Å². The molecule has 3 amide bonds. The summed E-state index contributed by atoms with van der Waals surface area (Å²) in [6.07, 6.45) is 4.81. The van der Waals surface area contributed by atoms with Crippen LogP contribution in [-0.4, -0.2) is 47.0 Å². The Balaban J connectivity index is 1.54. The van der Waals surface area contributed by atoms with Crippen molar-refractivity contribution in [2.24, 2.45) is 0 Å². The molecule has 2 aliphatic rings. The standard InChI is InChI=1S/C25H23N3O5/c1-15(23(29)28-12-11-26-25(28)31)33-24(30)21-18-8-2-3-10-20(18)27-22-16(6-4-9-19(21)22)14-17-7-5-13-32-17/h2-3,5,7-8,10,13-15H,4,6,9,11-12H2,1H3,(H,26,31)/b16-14+. The number of nitrogens with one attached hydrogen (secondary N) is 1. The van der Waals surface area contributed by atoms with E-state index in [9.17, 15) is 14.4 Å². The first-order valence-corrected chi connectivity index (χ1v) is 11.0. The van der Waals surface area contributed by atoms with Crippen LogP contribution in [0.25, 0.3) is 22.6 Å². The van der Waals surface area contributed by atoms with E-state index in [1.165, 1.54) is 6.92 Å². The van der Waals surface area contributed by atoms with Gasteiger partial charge >= 0.3 is 12.0 Å². The van der Waals surface area contributed by atoms with E-state index in [1.54, 1.807) is 6.26 Å². The van der Waals surface area contributed by atoms with Gasteiger partial charge in [0.1, 0.15) is 5.76 Å². The molecule has 5 rings (SSSR count). The van der Waals surface area contributed by atoms with E-state index < -0.39 is 24.0 Å². The summed E-state index contributed by atoms with van der Waals surface area (Å²) in [5.41, 5.74) is 3.64. The van der Waals surface area contributed by atoms with Crippen molar-refractivity contribution in [3.63, 3.8) is 0 Å². The molecule has 0 bridgehead atoms. The number of aromatic nitrogens is 1. The number of esters is 1. The SMILES string of the molecule is CC(OC(=O)c1c2c(nc3ccccc13)/C(=C/c1ccco1)CCC2)C(=O)N1CCNC1=O. The Hall–Kier alpha value is -3.94. The molecule has 1 fully saturated rings. The second-order valence-electron chi connectivity index (χ2n) is 8.14. The van der Waals surface area contributed by atoms with Gasteiger partial charge in [-0.05, 0) is 61.6 Å². The third-order valence-corrected chi connectivity index (χ3v) is 5.99. The van der Waals surface area contributed by atoms with Gasteiger partial charge in [-0.15, -0.1) is 0 Å². The number of hydrogen-bond acceptors (Lipinski definition) is 6. The monoisotopic (exact) mass is 445 g/mol. The summed E-state index contributed by atoms with van der Waals surface area (Å²) in [6.45, 7) is 2.14. The van der Waals surface area contributed by atoms with Crippen LogP contribution in [0.15, 0.2) is 47.1 Å². The summed E-state index contributed by atoms with van der Waals surface area (Å²) < 4.78 is 11.1. The molecule has 0 radical (unpaired) electrons. The molecule has 33 heavy (non-hydrogen) atoms. The summed E-state index contributed by atoms with van der Waals surface area (Å²) in [5.74, 6) is -0.409. The fourth-order valence-corrected chi connectivity index (χ4v) is 4.42. The maximum atomic E-state index is 13.4. The van der Waals surface area contributed by atoms with Crippen LogP contribution in [0.3, 0.4) is 0 Å². The van der Waals surface area contributed by atoms with Crippen LogP contribution < -0.4 is 5.32 Å². The fraction of sp³-hybridized carbons (Fsp3) is 0.280. The maximum absolute atomic E-state index is 13.4. The van der Waals surface area contributed by atoms with Gasteiger partial charge in [0, 0.05) is 18.5 Å². The van der Waals surface area contributed by atoms with Crippen LogP contribution in [0.5, 0.6) is 0 Å². The van der Waals surface area contributed by atoms with E-state index in [1.807, 2.05) is 42.5 Å². The van der Waals surface area contributed by atoms with Crippen molar-refractivity contribution in [3.8, 4) is 0 Å². The van der Waals surface area contributed by atoms with Crippen molar-refractivity contribution >= 4 is 40.5 Å². The topological polar surface area (TPSA) is 102 Å².